The van der Waals surface area contributed by atoms with E-state index in [2.05, 4.69) is 28.6 Å². The molecule has 1 N–H and O–H groups in total. The first-order chi connectivity index (χ1) is 6.93. The minimum absolute atomic E-state index is 0. The molecule has 2 aromatic heterocycles. The number of nitrogens with zero attached hydrogens (tertiary/aromatic N) is 2. The molecule has 2 aromatic rings. The molecule has 3 nitrogen and oxygen atoms in total. The number of pyridine rings is 1. The van der Waals surface area contributed by atoms with E-state index in [1.807, 2.05) is 16.8 Å². The van der Waals surface area contributed by atoms with Gasteiger partial charge < -0.3 is 9.72 Å². The molecule has 0 bridgehead atoms. The Morgan fingerprint density at radius 2 is 2.33 bits per heavy atom. The molecular formula is C11H14ClN3. The van der Waals surface area contributed by atoms with Gasteiger partial charge in [-0.3, -0.25) is 0 Å². The van der Waals surface area contributed by atoms with Crippen LogP contribution in [0.5, 0.6) is 0 Å². The summed E-state index contributed by atoms with van der Waals surface area (Å²) in [5, 5.41) is 3.39. The van der Waals surface area contributed by atoms with Gasteiger partial charge in [0, 0.05) is 25.1 Å². The van der Waals surface area contributed by atoms with Crippen molar-refractivity contribution in [2.75, 3.05) is 13.1 Å². The lowest BCUT2D eigenvalue weighted by atomic mass is 10.00. The Balaban J connectivity index is 0.000000853. The van der Waals surface area contributed by atoms with Crippen LogP contribution in [0.25, 0.3) is 5.65 Å². The minimum atomic E-state index is 0. The Kier molecular flexibility index (Phi) is 2.93. The summed E-state index contributed by atoms with van der Waals surface area (Å²) in [7, 11) is 0. The van der Waals surface area contributed by atoms with E-state index in [1.165, 1.54) is 12.0 Å². The van der Waals surface area contributed by atoms with Crippen molar-refractivity contribution in [3.8, 4) is 0 Å². The fourth-order valence-electron chi connectivity index (χ4n) is 2.12. The van der Waals surface area contributed by atoms with E-state index >= 15 is 0 Å². The normalized spacial score (nSPS) is 20.4. The first kappa shape index (κ1) is 10.5. The van der Waals surface area contributed by atoms with Crippen molar-refractivity contribution < 1.29 is 0 Å². The van der Waals surface area contributed by atoms with E-state index in [4.69, 9.17) is 0 Å². The topological polar surface area (TPSA) is 29.3 Å². The summed E-state index contributed by atoms with van der Waals surface area (Å²) in [6.45, 7) is 2.25. The van der Waals surface area contributed by atoms with Gasteiger partial charge >= 0.3 is 0 Å². The summed E-state index contributed by atoms with van der Waals surface area (Å²) < 4.78 is 2.05. The van der Waals surface area contributed by atoms with Gasteiger partial charge in [0.1, 0.15) is 5.65 Å². The fraction of sp³-hybridized carbons (Fsp3) is 0.364. The molecule has 4 heteroatoms. The third-order valence-electron chi connectivity index (χ3n) is 2.95. The monoisotopic (exact) mass is 223 g/mol. The largest absolute Gasteiger partial charge is 0.316 e. The molecule has 1 saturated heterocycles. The molecule has 0 spiro atoms. The van der Waals surface area contributed by atoms with Crippen molar-refractivity contribution in [2.24, 2.45) is 0 Å². The van der Waals surface area contributed by atoms with Gasteiger partial charge in [-0.2, -0.15) is 0 Å². The first-order valence-electron chi connectivity index (χ1n) is 5.07. The van der Waals surface area contributed by atoms with Crippen LogP contribution in [0.3, 0.4) is 0 Å². The highest BCUT2D eigenvalue weighted by Gasteiger charge is 2.16. The Morgan fingerprint density at radius 1 is 1.40 bits per heavy atom. The summed E-state index contributed by atoms with van der Waals surface area (Å²) in [4.78, 5) is 4.29. The predicted molar refractivity (Wildman–Crippen MR) is 62.7 cm³/mol. The standard InChI is InChI=1S/C11H13N3.ClH/c1-3-12-8-10(1)9-2-5-14-6-4-13-11(14)7-9;/h2,4-7,10,12H,1,3,8H2;1H. The molecule has 0 radical (unpaired) electrons. The van der Waals surface area contributed by atoms with E-state index in [0.29, 0.717) is 5.92 Å². The van der Waals surface area contributed by atoms with Crippen LogP contribution in [-0.2, 0) is 0 Å². The Morgan fingerprint density at radius 3 is 3.13 bits per heavy atom. The maximum absolute atomic E-state index is 4.29. The second-order valence-electron chi connectivity index (χ2n) is 3.84. The smallest absolute Gasteiger partial charge is 0.136 e. The third-order valence-corrected chi connectivity index (χ3v) is 2.95. The van der Waals surface area contributed by atoms with Crippen molar-refractivity contribution in [1.82, 2.24) is 14.7 Å². The molecule has 0 amide bonds. The highest BCUT2D eigenvalue weighted by Crippen LogP contribution is 2.22. The molecule has 1 atom stereocenters. The predicted octanol–water partition coefficient (Wildman–Crippen LogP) is 1.83. The summed E-state index contributed by atoms with van der Waals surface area (Å²) in [5.74, 6) is 0.677. The number of hydrogen-bond donors (Lipinski definition) is 1. The number of rotatable bonds is 1. The maximum Gasteiger partial charge on any atom is 0.136 e. The van der Waals surface area contributed by atoms with Gasteiger partial charge in [0.05, 0.1) is 0 Å². The average Bonchev–Trinajstić information content (AvgIpc) is 2.88. The number of imidazole rings is 1. The van der Waals surface area contributed by atoms with Gasteiger partial charge in [-0.25, -0.2) is 4.98 Å². The van der Waals surface area contributed by atoms with Crippen LogP contribution in [-0.4, -0.2) is 22.5 Å². The fourth-order valence-corrected chi connectivity index (χ4v) is 2.12. The lowest BCUT2D eigenvalue weighted by Gasteiger charge is -2.08. The van der Waals surface area contributed by atoms with Crippen molar-refractivity contribution in [1.29, 1.82) is 0 Å². The molecule has 3 rings (SSSR count). The molecule has 80 valence electrons. The summed E-state index contributed by atoms with van der Waals surface area (Å²) in [5.41, 5.74) is 2.46. The summed E-state index contributed by atoms with van der Waals surface area (Å²) >= 11 is 0. The zero-order valence-corrected chi connectivity index (χ0v) is 9.20. The van der Waals surface area contributed by atoms with Gasteiger partial charge in [0.25, 0.3) is 0 Å². The SMILES string of the molecule is Cl.c1cn2ccc(C3CCNC3)cc2n1. The minimum Gasteiger partial charge on any atom is -0.316 e. The average molecular weight is 224 g/mol. The molecule has 0 aliphatic carbocycles. The van der Waals surface area contributed by atoms with Gasteiger partial charge in [-0.1, -0.05) is 0 Å². The Labute approximate surface area is 94.9 Å². The number of nitrogens with one attached hydrogen (secondary N) is 1. The molecule has 1 aliphatic rings. The lowest BCUT2D eigenvalue weighted by molar-refractivity contribution is 0.762. The van der Waals surface area contributed by atoms with Gasteiger partial charge in [-0.05, 0) is 36.6 Å². The first-order valence-corrected chi connectivity index (χ1v) is 5.07. The molecule has 1 unspecified atom stereocenters. The molecule has 1 aliphatic heterocycles. The van der Waals surface area contributed by atoms with Crippen molar-refractivity contribution in [3.05, 3.63) is 36.3 Å². The van der Waals surface area contributed by atoms with Crippen molar-refractivity contribution in [3.63, 3.8) is 0 Å². The van der Waals surface area contributed by atoms with Crippen LogP contribution in [0.1, 0.15) is 17.9 Å². The van der Waals surface area contributed by atoms with E-state index < -0.39 is 0 Å². The zero-order chi connectivity index (χ0) is 9.38. The van der Waals surface area contributed by atoms with Crippen LogP contribution < -0.4 is 5.32 Å². The van der Waals surface area contributed by atoms with Crippen LogP contribution in [0.2, 0.25) is 0 Å². The van der Waals surface area contributed by atoms with Crippen LogP contribution in [0, 0.1) is 0 Å². The van der Waals surface area contributed by atoms with Crippen molar-refractivity contribution >= 4 is 18.1 Å². The maximum atomic E-state index is 4.29. The molecule has 0 saturated carbocycles. The number of hydrogen-bond acceptors (Lipinski definition) is 2. The Bertz CT molecular complexity index is 446. The molecule has 15 heavy (non-hydrogen) atoms. The van der Waals surface area contributed by atoms with E-state index in [-0.39, 0.29) is 12.4 Å². The second-order valence-corrected chi connectivity index (χ2v) is 3.84. The number of halogens is 1. The highest BCUT2D eigenvalue weighted by molar-refractivity contribution is 5.85. The van der Waals surface area contributed by atoms with E-state index in [9.17, 15) is 0 Å². The van der Waals surface area contributed by atoms with Gasteiger partial charge in [0.15, 0.2) is 0 Å². The molecule has 0 aromatic carbocycles. The zero-order valence-electron chi connectivity index (χ0n) is 8.39. The van der Waals surface area contributed by atoms with Crippen LogP contribution >= 0.6 is 12.4 Å². The van der Waals surface area contributed by atoms with Gasteiger partial charge in [0.2, 0.25) is 0 Å². The quantitative estimate of drug-likeness (QED) is 0.800. The van der Waals surface area contributed by atoms with E-state index in [0.717, 1.165) is 18.7 Å². The Hall–Kier alpha value is -1.06. The van der Waals surface area contributed by atoms with Crippen LogP contribution in [0.15, 0.2) is 30.7 Å². The molecule has 3 heterocycles. The molecule has 1 fully saturated rings. The number of fused-ring (bicyclic) bond motifs is 1. The third kappa shape index (κ3) is 1.85. The second kappa shape index (κ2) is 4.21. The highest BCUT2D eigenvalue weighted by atomic mass is 35.5. The summed E-state index contributed by atoms with van der Waals surface area (Å²) in [6, 6.07) is 4.39. The molecular weight excluding hydrogens is 210 g/mol. The summed E-state index contributed by atoms with van der Waals surface area (Å²) in [6.07, 6.45) is 7.16. The number of aromatic nitrogens is 2. The van der Waals surface area contributed by atoms with E-state index in [1.54, 1.807) is 0 Å². The van der Waals surface area contributed by atoms with Gasteiger partial charge in [-0.15, -0.1) is 12.4 Å². The van der Waals surface area contributed by atoms with Crippen molar-refractivity contribution in [2.45, 2.75) is 12.3 Å². The lowest BCUT2D eigenvalue weighted by Crippen LogP contribution is -2.08. The van der Waals surface area contributed by atoms with Crippen LogP contribution in [0.4, 0.5) is 0 Å².